The van der Waals surface area contributed by atoms with E-state index in [1.165, 1.54) is 0 Å². The van der Waals surface area contributed by atoms with Gasteiger partial charge in [-0.3, -0.25) is 4.79 Å². The average Bonchev–Trinajstić information content (AvgIpc) is 2.60. The SMILES string of the molecule is Cc1cc(N2CC(S)CC2=O)c(Br)c(C)c1Br. The van der Waals surface area contributed by atoms with Crippen LogP contribution in [0.2, 0.25) is 0 Å². The first kappa shape index (κ1) is 13.4. The van der Waals surface area contributed by atoms with Crippen LogP contribution in [0.3, 0.4) is 0 Å². The van der Waals surface area contributed by atoms with Crippen molar-refractivity contribution in [1.29, 1.82) is 0 Å². The third-order valence-electron chi connectivity index (χ3n) is 2.98. The van der Waals surface area contributed by atoms with Crippen molar-refractivity contribution in [2.75, 3.05) is 11.4 Å². The lowest BCUT2D eigenvalue weighted by molar-refractivity contribution is -0.117. The smallest absolute Gasteiger partial charge is 0.228 e. The normalized spacial score (nSPS) is 20.2. The van der Waals surface area contributed by atoms with Crippen LogP contribution < -0.4 is 4.90 Å². The zero-order valence-electron chi connectivity index (χ0n) is 9.63. The Bertz CT molecular complexity index is 490. The number of halogens is 2. The molecular formula is C12H13Br2NOS. The summed E-state index contributed by atoms with van der Waals surface area (Å²) in [4.78, 5) is 13.7. The lowest BCUT2D eigenvalue weighted by Crippen LogP contribution is -2.25. The molecule has 0 aliphatic carbocycles. The van der Waals surface area contributed by atoms with Crippen LogP contribution in [-0.2, 0) is 4.79 Å². The summed E-state index contributed by atoms with van der Waals surface area (Å²) in [5, 5.41) is 0.138. The Kier molecular flexibility index (Phi) is 3.90. The molecule has 1 atom stereocenters. The third kappa shape index (κ3) is 2.42. The molecule has 17 heavy (non-hydrogen) atoms. The number of nitrogens with zero attached hydrogens (tertiary/aromatic N) is 1. The van der Waals surface area contributed by atoms with Gasteiger partial charge < -0.3 is 4.90 Å². The van der Waals surface area contributed by atoms with Crippen LogP contribution in [0.4, 0.5) is 5.69 Å². The maximum Gasteiger partial charge on any atom is 0.228 e. The van der Waals surface area contributed by atoms with E-state index in [-0.39, 0.29) is 11.2 Å². The third-order valence-corrected chi connectivity index (χ3v) is 5.55. The Morgan fingerprint density at radius 3 is 2.53 bits per heavy atom. The van der Waals surface area contributed by atoms with E-state index in [1.807, 2.05) is 24.8 Å². The number of thiol groups is 1. The van der Waals surface area contributed by atoms with Gasteiger partial charge in [-0.1, -0.05) is 15.9 Å². The second-order valence-electron chi connectivity index (χ2n) is 4.33. The van der Waals surface area contributed by atoms with Crippen molar-refractivity contribution < 1.29 is 4.79 Å². The maximum absolute atomic E-state index is 11.9. The summed E-state index contributed by atoms with van der Waals surface area (Å²) < 4.78 is 2.06. The fraction of sp³-hybridized carbons (Fsp3) is 0.417. The summed E-state index contributed by atoms with van der Waals surface area (Å²) in [6, 6.07) is 2.03. The lowest BCUT2D eigenvalue weighted by atomic mass is 10.1. The molecular weight excluding hydrogens is 366 g/mol. The molecule has 0 N–H and O–H groups in total. The number of anilines is 1. The topological polar surface area (TPSA) is 20.3 Å². The van der Waals surface area contributed by atoms with Gasteiger partial charge in [-0.25, -0.2) is 0 Å². The number of amides is 1. The van der Waals surface area contributed by atoms with Crippen LogP contribution >= 0.6 is 44.5 Å². The van der Waals surface area contributed by atoms with E-state index < -0.39 is 0 Å². The minimum Gasteiger partial charge on any atom is -0.310 e. The molecule has 1 saturated heterocycles. The Labute approximate surface area is 123 Å². The van der Waals surface area contributed by atoms with Crippen LogP contribution in [-0.4, -0.2) is 17.7 Å². The van der Waals surface area contributed by atoms with Crippen molar-refractivity contribution in [3.63, 3.8) is 0 Å². The molecule has 5 heteroatoms. The van der Waals surface area contributed by atoms with E-state index >= 15 is 0 Å². The monoisotopic (exact) mass is 377 g/mol. The molecule has 2 rings (SSSR count). The number of aryl methyl sites for hydroxylation is 1. The highest BCUT2D eigenvalue weighted by atomic mass is 79.9. The second-order valence-corrected chi connectivity index (χ2v) is 6.64. The molecule has 0 saturated carbocycles. The molecule has 2 nitrogen and oxygen atoms in total. The van der Waals surface area contributed by atoms with E-state index in [0.717, 1.165) is 25.8 Å². The number of hydrogen-bond donors (Lipinski definition) is 1. The van der Waals surface area contributed by atoms with Crippen LogP contribution in [0.25, 0.3) is 0 Å². The van der Waals surface area contributed by atoms with Crippen molar-refractivity contribution in [2.45, 2.75) is 25.5 Å². The molecule has 0 radical (unpaired) electrons. The Morgan fingerprint density at radius 1 is 1.35 bits per heavy atom. The van der Waals surface area contributed by atoms with Gasteiger partial charge in [0.05, 0.1) is 5.69 Å². The molecule has 0 bridgehead atoms. The van der Waals surface area contributed by atoms with E-state index in [1.54, 1.807) is 0 Å². The van der Waals surface area contributed by atoms with Gasteiger partial charge in [0.1, 0.15) is 0 Å². The van der Waals surface area contributed by atoms with Crippen LogP contribution in [0.5, 0.6) is 0 Å². The van der Waals surface area contributed by atoms with Gasteiger partial charge in [-0.05, 0) is 47.0 Å². The zero-order chi connectivity index (χ0) is 12.7. The molecule has 0 spiro atoms. The molecule has 1 aliphatic rings. The highest BCUT2D eigenvalue weighted by molar-refractivity contribution is 9.11. The molecule has 92 valence electrons. The largest absolute Gasteiger partial charge is 0.310 e. The molecule has 1 aromatic rings. The molecule has 1 fully saturated rings. The van der Waals surface area contributed by atoms with Crippen LogP contribution in [0.1, 0.15) is 17.5 Å². The first-order chi connectivity index (χ1) is 7.91. The van der Waals surface area contributed by atoms with Gasteiger partial charge in [0.2, 0.25) is 5.91 Å². The predicted octanol–water partition coefficient (Wildman–Crippen LogP) is 3.86. The summed E-state index contributed by atoms with van der Waals surface area (Å²) in [6.07, 6.45) is 0.518. The Hall–Kier alpha value is -0.000000000000000111. The van der Waals surface area contributed by atoms with Crippen molar-refractivity contribution in [3.8, 4) is 0 Å². The van der Waals surface area contributed by atoms with Gasteiger partial charge in [0.15, 0.2) is 0 Å². The highest BCUT2D eigenvalue weighted by Gasteiger charge is 2.30. The van der Waals surface area contributed by atoms with Crippen LogP contribution in [0, 0.1) is 13.8 Å². The highest BCUT2D eigenvalue weighted by Crippen LogP contribution is 2.38. The standard InChI is InChI=1S/C12H13Br2NOS/c1-6-3-9(12(14)7(2)11(6)13)15-5-8(17)4-10(15)16/h3,8,17H,4-5H2,1-2H3. The minimum absolute atomic E-state index is 0.138. The summed E-state index contributed by atoms with van der Waals surface area (Å²) in [7, 11) is 0. The molecule has 1 amide bonds. The van der Waals surface area contributed by atoms with Gasteiger partial charge >= 0.3 is 0 Å². The molecule has 1 heterocycles. The van der Waals surface area contributed by atoms with Crippen molar-refractivity contribution in [3.05, 3.63) is 26.1 Å². The summed E-state index contributed by atoms with van der Waals surface area (Å²) in [5.41, 5.74) is 3.20. The maximum atomic E-state index is 11.9. The predicted molar refractivity (Wildman–Crippen MR) is 81.1 cm³/mol. The molecule has 0 aromatic heterocycles. The van der Waals surface area contributed by atoms with E-state index in [0.29, 0.717) is 13.0 Å². The number of benzene rings is 1. The quantitative estimate of drug-likeness (QED) is 0.735. The molecule has 1 aliphatic heterocycles. The number of carbonyl (C=O) groups excluding carboxylic acids is 1. The summed E-state index contributed by atoms with van der Waals surface area (Å²) in [6.45, 7) is 4.75. The van der Waals surface area contributed by atoms with Crippen LogP contribution in [0.15, 0.2) is 15.0 Å². The summed E-state index contributed by atoms with van der Waals surface area (Å²) in [5.74, 6) is 0.145. The molecule has 1 aromatic carbocycles. The van der Waals surface area contributed by atoms with Crippen molar-refractivity contribution in [1.82, 2.24) is 0 Å². The first-order valence-corrected chi connectivity index (χ1v) is 7.45. The number of carbonyl (C=O) groups is 1. The average molecular weight is 379 g/mol. The first-order valence-electron chi connectivity index (χ1n) is 5.35. The van der Waals surface area contributed by atoms with Gasteiger partial charge in [-0.15, -0.1) is 0 Å². The van der Waals surface area contributed by atoms with Gasteiger partial charge in [0, 0.05) is 27.2 Å². The fourth-order valence-corrected chi connectivity index (χ4v) is 3.46. The Morgan fingerprint density at radius 2 is 2.00 bits per heavy atom. The summed E-state index contributed by atoms with van der Waals surface area (Å²) >= 11 is 11.5. The zero-order valence-corrected chi connectivity index (χ0v) is 13.7. The van der Waals surface area contributed by atoms with Gasteiger partial charge in [-0.2, -0.15) is 12.6 Å². The van der Waals surface area contributed by atoms with E-state index in [2.05, 4.69) is 44.5 Å². The van der Waals surface area contributed by atoms with Gasteiger partial charge in [0.25, 0.3) is 0 Å². The number of hydrogen-bond acceptors (Lipinski definition) is 2. The second kappa shape index (κ2) is 4.94. The van der Waals surface area contributed by atoms with Crippen molar-refractivity contribution >= 4 is 56.1 Å². The van der Waals surface area contributed by atoms with E-state index in [9.17, 15) is 4.79 Å². The van der Waals surface area contributed by atoms with E-state index in [4.69, 9.17) is 0 Å². The Balaban J connectivity index is 2.50. The number of rotatable bonds is 1. The minimum atomic E-state index is 0.138. The molecule has 1 unspecified atom stereocenters. The van der Waals surface area contributed by atoms with Crippen molar-refractivity contribution in [2.24, 2.45) is 0 Å². The lowest BCUT2D eigenvalue weighted by Gasteiger charge is -2.21. The fourth-order valence-electron chi connectivity index (χ4n) is 2.03.